The molecule has 0 aliphatic carbocycles. The number of hydrogen-bond donors (Lipinski definition) is 1. The van der Waals surface area contributed by atoms with Crippen LogP contribution in [-0.4, -0.2) is 11.1 Å². The molecular formula is C15H20O2. The number of carbonyl (C=O) groups is 1. The van der Waals surface area contributed by atoms with Gasteiger partial charge in [-0.05, 0) is 37.8 Å². The van der Waals surface area contributed by atoms with Gasteiger partial charge < -0.3 is 5.11 Å². The standard InChI is InChI=1S/C15H20O2/c1-4-5-6-12-7-9-13(10-8-12)14(11(2)3)15(16)17/h7-10H,4-6H2,1-3H3,(H,16,17). The Morgan fingerprint density at radius 2 is 1.76 bits per heavy atom. The van der Waals surface area contributed by atoms with Crippen LogP contribution in [0.25, 0.3) is 5.57 Å². The molecule has 2 heteroatoms. The van der Waals surface area contributed by atoms with Gasteiger partial charge in [-0.25, -0.2) is 4.79 Å². The third-order valence-corrected chi connectivity index (χ3v) is 2.78. The Labute approximate surface area is 103 Å². The molecule has 0 aliphatic heterocycles. The molecule has 0 unspecified atom stereocenters. The highest BCUT2D eigenvalue weighted by Gasteiger charge is 2.11. The van der Waals surface area contributed by atoms with Crippen LogP contribution in [0.3, 0.4) is 0 Å². The lowest BCUT2D eigenvalue weighted by Crippen LogP contribution is -2.01. The van der Waals surface area contributed by atoms with E-state index in [1.165, 1.54) is 18.4 Å². The Bertz CT molecular complexity index is 409. The van der Waals surface area contributed by atoms with Gasteiger partial charge in [0.2, 0.25) is 0 Å². The topological polar surface area (TPSA) is 37.3 Å². The summed E-state index contributed by atoms with van der Waals surface area (Å²) in [6.07, 6.45) is 3.41. The summed E-state index contributed by atoms with van der Waals surface area (Å²) in [5.41, 5.74) is 3.30. The molecule has 2 nitrogen and oxygen atoms in total. The molecule has 17 heavy (non-hydrogen) atoms. The second kappa shape index (κ2) is 6.24. The molecule has 0 aliphatic rings. The van der Waals surface area contributed by atoms with Gasteiger partial charge in [0.25, 0.3) is 0 Å². The van der Waals surface area contributed by atoms with E-state index in [0.29, 0.717) is 5.57 Å². The molecule has 0 radical (unpaired) electrons. The van der Waals surface area contributed by atoms with Crippen LogP contribution >= 0.6 is 0 Å². The second-order valence-electron chi connectivity index (χ2n) is 4.48. The molecule has 0 atom stereocenters. The zero-order valence-electron chi connectivity index (χ0n) is 10.8. The largest absolute Gasteiger partial charge is 0.478 e. The van der Waals surface area contributed by atoms with Gasteiger partial charge >= 0.3 is 5.97 Å². The summed E-state index contributed by atoms with van der Waals surface area (Å²) in [7, 11) is 0. The summed E-state index contributed by atoms with van der Waals surface area (Å²) in [5, 5.41) is 9.15. The van der Waals surface area contributed by atoms with E-state index in [1.54, 1.807) is 0 Å². The van der Waals surface area contributed by atoms with Gasteiger partial charge in [-0.3, -0.25) is 0 Å². The Kier molecular flexibility index (Phi) is 4.95. The summed E-state index contributed by atoms with van der Waals surface area (Å²) < 4.78 is 0. The summed E-state index contributed by atoms with van der Waals surface area (Å²) in [6.45, 7) is 5.82. The first-order chi connectivity index (χ1) is 8.06. The van der Waals surface area contributed by atoms with Crippen LogP contribution in [0.4, 0.5) is 0 Å². The van der Waals surface area contributed by atoms with Crippen LogP contribution in [0.2, 0.25) is 0 Å². The van der Waals surface area contributed by atoms with Gasteiger partial charge in [0.05, 0.1) is 5.57 Å². The van der Waals surface area contributed by atoms with Crippen molar-refractivity contribution in [1.29, 1.82) is 0 Å². The lowest BCUT2D eigenvalue weighted by atomic mass is 9.99. The number of hydrogen-bond acceptors (Lipinski definition) is 1. The molecule has 0 fully saturated rings. The van der Waals surface area contributed by atoms with Crippen molar-refractivity contribution < 1.29 is 9.90 Å². The van der Waals surface area contributed by atoms with Crippen molar-refractivity contribution in [1.82, 2.24) is 0 Å². The lowest BCUT2D eigenvalue weighted by Gasteiger charge is -2.06. The summed E-state index contributed by atoms with van der Waals surface area (Å²) in [5.74, 6) is -0.855. The van der Waals surface area contributed by atoms with Crippen molar-refractivity contribution in [2.45, 2.75) is 40.0 Å². The fourth-order valence-corrected chi connectivity index (χ4v) is 1.84. The van der Waals surface area contributed by atoms with E-state index in [0.717, 1.165) is 17.6 Å². The van der Waals surface area contributed by atoms with Crippen LogP contribution in [-0.2, 0) is 11.2 Å². The van der Waals surface area contributed by atoms with E-state index in [-0.39, 0.29) is 0 Å². The summed E-state index contributed by atoms with van der Waals surface area (Å²) in [4.78, 5) is 11.1. The quantitative estimate of drug-likeness (QED) is 0.781. The number of aryl methyl sites for hydroxylation is 1. The first-order valence-electron chi connectivity index (χ1n) is 6.06. The Morgan fingerprint density at radius 1 is 1.18 bits per heavy atom. The molecule has 0 saturated heterocycles. The fourth-order valence-electron chi connectivity index (χ4n) is 1.84. The van der Waals surface area contributed by atoms with Crippen LogP contribution in [0.5, 0.6) is 0 Å². The van der Waals surface area contributed by atoms with E-state index >= 15 is 0 Å². The number of benzene rings is 1. The highest BCUT2D eigenvalue weighted by Crippen LogP contribution is 2.20. The van der Waals surface area contributed by atoms with E-state index in [2.05, 4.69) is 6.92 Å². The van der Waals surface area contributed by atoms with Crippen molar-refractivity contribution in [2.24, 2.45) is 0 Å². The first-order valence-corrected chi connectivity index (χ1v) is 6.06. The molecule has 0 saturated carbocycles. The monoisotopic (exact) mass is 232 g/mol. The minimum Gasteiger partial charge on any atom is -0.478 e. The van der Waals surface area contributed by atoms with Crippen molar-refractivity contribution >= 4 is 11.5 Å². The molecule has 0 amide bonds. The number of allylic oxidation sites excluding steroid dienone is 1. The Hall–Kier alpha value is -1.57. The van der Waals surface area contributed by atoms with Gasteiger partial charge in [0.15, 0.2) is 0 Å². The minimum atomic E-state index is -0.855. The maximum Gasteiger partial charge on any atom is 0.336 e. The average molecular weight is 232 g/mol. The van der Waals surface area contributed by atoms with Crippen LogP contribution in [0, 0.1) is 0 Å². The van der Waals surface area contributed by atoms with Crippen LogP contribution < -0.4 is 0 Å². The first kappa shape index (κ1) is 13.5. The number of carboxylic acid groups (broad SMARTS) is 1. The molecular weight excluding hydrogens is 212 g/mol. The molecule has 0 aromatic heterocycles. The maximum absolute atomic E-state index is 11.1. The van der Waals surface area contributed by atoms with Gasteiger partial charge in [-0.1, -0.05) is 43.2 Å². The van der Waals surface area contributed by atoms with E-state index in [4.69, 9.17) is 5.11 Å². The summed E-state index contributed by atoms with van der Waals surface area (Å²) >= 11 is 0. The molecule has 92 valence electrons. The van der Waals surface area contributed by atoms with Crippen LogP contribution in [0.1, 0.15) is 44.7 Å². The number of rotatable bonds is 5. The highest BCUT2D eigenvalue weighted by atomic mass is 16.4. The van der Waals surface area contributed by atoms with Crippen LogP contribution in [0.15, 0.2) is 29.8 Å². The molecule has 0 bridgehead atoms. The predicted molar refractivity (Wildman–Crippen MR) is 71.0 cm³/mol. The smallest absolute Gasteiger partial charge is 0.336 e. The third-order valence-electron chi connectivity index (χ3n) is 2.78. The second-order valence-corrected chi connectivity index (χ2v) is 4.48. The third kappa shape index (κ3) is 3.74. The number of carboxylic acids is 1. The lowest BCUT2D eigenvalue weighted by molar-refractivity contribution is -0.130. The van der Waals surface area contributed by atoms with Gasteiger partial charge in [-0.2, -0.15) is 0 Å². The number of unbranched alkanes of at least 4 members (excludes halogenated alkanes) is 1. The molecule has 1 aromatic rings. The zero-order valence-corrected chi connectivity index (χ0v) is 10.8. The molecule has 1 rings (SSSR count). The molecule has 0 spiro atoms. The maximum atomic E-state index is 11.1. The summed E-state index contributed by atoms with van der Waals surface area (Å²) in [6, 6.07) is 7.86. The Balaban J connectivity index is 2.94. The van der Waals surface area contributed by atoms with E-state index in [1.807, 2.05) is 38.1 Å². The van der Waals surface area contributed by atoms with Gasteiger partial charge in [-0.15, -0.1) is 0 Å². The van der Waals surface area contributed by atoms with E-state index < -0.39 is 5.97 Å². The predicted octanol–water partition coefficient (Wildman–Crippen LogP) is 3.91. The number of aliphatic carboxylic acids is 1. The molecule has 1 N–H and O–H groups in total. The zero-order chi connectivity index (χ0) is 12.8. The Morgan fingerprint density at radius 3 is 2.18 bits per heavy atom. The van der Waals surface area contributed by atoms with Crippen molar-refractivity contribution in [3.63, 3.8) is 0 Å². The van der Waals surface area contributed by atoms with Gasteiger partial charge in [0.1, 0.15) is 0 Å². The normalized spacial score (nSPS) is 10.1. The van der Waals surface area contributed by atoms with E-state index in [9.17, 15) is 4.79 Å². The van der Waals surface area contributed by atoms with Crippen molar-refractivity contribution in [3.05, 3.63) is 41.0 Å². The van der Waals surface area contributed by atoms with Crippen molar-refractivity contribution in [2.75, 3.05) is 0 Å². The molecule has 0 heterocycles. The van der Waals surface area contributed by atoms with Gasteiger partial charge in [0, 0.05) is 0 Å². The minimum absolute atomic E-state index is 0.409. The average Bonchev–Trinajstić information content (AvgIpc) is 2.27. The fraction of sp³-hybridized carbons (Fsp3) is 0.400. The van der Waals surface area contributed by atoms with Crippen molar-refractivity contribution in [3.8, 4) is 0 Å². The molecule has 1 aromatic carbocycles. The highest BCUT2D eigenvalue weighted by molar-refractivity contribution is 6.16. The SMILES string of the molecule is CCCCc1ccc(C(C(=O)O)=C(C)C)cc1.